The summed E-state index contributed by atoms with van der Waals surface area (Å²) < 4.78 is 14.0. The van der Waals surface area contributed by atoms with Gasteiger partial charge in [-0.2, -0.15) is 0 Å². The summed E-state index contributed by atoms with van der Waals surface area (Å²) in [6.45, 7) is 1.50. The van der Waals surface area contributed by atoms with Gasteiger partial charge in [0.2, 0.25) is 5.91 Å². The number of anilines is 1. The SMILES string of the molecule is CNC(=O)C1CCN(c2nc3ccc(F)cc3s2)C1. The fourth-order valence-corrected chi connectivity index (χ4v) is 3.40. The van der Waals surface area contributed by atoms with Crippen LogP contribution in [0.5, 0.6) is 0 Å². The van der Waals surface area contributed by atoms with Gasteiger partial charge in [-0.05, 0) is 24.6 Å². The Morgan fingerprint density at radius 3 is 3.21 bits per heavy atom. The van der Waals surface area contributed by atoms with Crippen molar-refractivity contribution in [1.29, 1.82) is 0 Å². The number of hydrogen-bond acceptors (Lipinski definition) is 4. The van der Waals surface area contributed by atoms with Crippen molar-refractivity contribution in [3.8, 4) is 0 Å². The van der Waals surface area contributed by atoms with Crippen LogP contribution in [0.4, 0.5) is 9.52 Å². The number of nitrogens with one attached hydrogen (secondary N) is 1. The van der Waals surface area contributed by atoms with Gasteiger partial charge in [-0.3, -0.25) is 4.79 Å². The second-order valence-electron chi connectivity index (χ2n) is 4.65. The lowest BCUT2D eigenvalue weighted by Gasteiger charge is -2.13. The van der Waals surface area contributed by atoms with Crippen molar-refractivity contribution in [2.24, 2.45) is 5.92 Å². The molecule has 19 heavy (non-hydrogen) atoms. The van der Waals surface area contributed by atoms with Gasteiger partial charge < -0.3 is 10.2 Å². The molecule has 0 radical (unpaired) electrons. The predicted octanol–water partition coefficient (Wildman–Crippen LogP) is 2.01. The molecule has 4 nitrogen and oxygen atoms in total. The summed E-state index contributed by atoms with van der Waals surface area (Å²) in [5.74, 6) is -0.143. The number of rotatable bonds is 2. The number of halogens is 1. The lowest BCUT2D eigenvalue weighted by atomic mass is 10.1. The van der Waals surface area contributed by atoms with Crippen LogP contribution in [-0.2, 0) is 4.79 Å². The van der Waals surface area contributed by atoms with E-state index in [1.54, 1.807) is 13.1 Å². The van der Waals surface area contributed by atoms with Gasteiger partial charge in [-0.1, -0.05) is 11.3 Å². The molecule has 0 bridgehead atoms. The molecule has 0 aliphatic carbocycles. The average Bonchev–Trinajstić information content (AvgIpc) is 3.03. The maximum atomic E-state index is 13.1. The monoisotopic (exact) mass is 279 g/mol. The molecule has 1 amide bonds. The Morgan fingerprint density at radius 1 is 1.58 bits per heavy atom. The number of carbonyl (C=O) groups is 1. The van der Waals surface area contributed by atoms with E-state index in [4.69, 9.17) is 0 Å². The molecule has 1 aliphatic rings. The van der Waals surface area contributed by atoms with Gasteiger partial charge in [0, 0.05) is 20.1 Å². The van der Waals surface area contributed by atoms with Gasteiger partial charge in [-0.25, -0.2) is 9.37 Å². The number of fused-ring (bicyclic) bond motifs is 1. The summed E-state index contributed by atoms with van der Waals surface area (Å²) in [4.78, 5) is 18.2. The van der Waals surface area contributed by atoms with E-state index < -0.39 is 0 Å². The molecular formula is C13H14FN3OS. The molecule has 1 aromatic carbocycles. The van der Waals surface area contributed by atoms with Crippen LogP contribution in [-0.4, -0.2) is 31.0 Å². The molecule has 1 aromatic heterocycles. The van der Waals surface area contributed by atoms with E-state index in [2.05, 4.69) is 15.2 Å². The molecule has 0 saturated carbocycles. The predicted molar refractivity (Wildman–Crippen MR) is 74.0 cm³/mol. The molecule has 3 rings (SSSR count). The number of amides is 1. The number of nitrogens with zero attached hydrogens (tertiary/aromatic N) is 2. The number of benzene rings is 1. The minimum absolute atomic E-state index is 0.0220. The van der Waals surface area contributed by atoms with Crippen LogP contribution in [0.3, 0.4) is 0 Å². The molecule has 1 N–H and O–H groups in total. The van der Waals surface area contributed by atoms with Crippen LogP contribution in [0.15, 0.2) is 18.2 Å². The van der Waals surface area contributed by atoms with Crippen LogP contribution in [0.2, 0.25) is 0 Å². The van der Waals surface area contributed by atoms with Gasteiger partial charge in [0.25, 0.3) is 0 Å². The second kappa shape index (κ2) is 4.77. The van der Waals surface area contributed by atoms with Crippen LogP contribution >= 0.6 is 11.3 Å². The third kappa shape index (κ3) is 2.28. The Bertz CT molecular complexity index is 627. The first-order valence-electron chi connectivity index (χ1n) is 6.20. The van der Waals surface area contributed by atoms with E-state index in [9.17, 15) is 9.18 Å². The zero-order chi connectivity index (χ0) is 13.4. The molecule has 1 unspecified atom stereocenters. The molecule has 1 saturated heterocycles. The lowest BCUT2D eigenvalue weighted by molar-refractivity contribution is -0.123. The molecule has 2 aromatic rings. The minimum Gasteiger partial charge on any atom is -0.359 e. The molecule has 1 atom stereocenters. The van der Waals surface area contributed by atoms with Crippen molar-refractivity contribution >= 4 is 32.6 Å². The third-order valence-corrected chi connectivity index (χ3v) is 4.49. The smallest absolute Gasteiger partial charge is 0.224 e. The van der Waals surface area contributed by atoms with Crippen LogP contribution in [0, 0.1) is 11.7 Å². The second-order valence-corrected chi connectivity index (χ2v) is 5.66. The molecule has 2 heterocycles. The number of thiazole rings is 1. The standard InChI is InChI=1S/C13H14FN3OS/c1-15-12(18)8-4-5-17(7-8)13-16-10-3-2-9(14)6-11(10)19-13/h2-3,6,8H,4-5,7H2,1H3,(H,15,18). The Balaban J connectivity index is 1.83. The Labute approximate surface area is 114 Å². The summed E-state index contributed by atoms with van der Waals surface area (Å²) in [6, 6.07) is 4.61. The molecular weight excluding hydrogens is 265 g/mol. The van der Waals surface area contributed by atoms with Crippen LogP contribution in [0.25, 0.3) is 10.2 Å². The van der Waals surface area contributed by atoms with Crippen LogP contribution < -0.4 is 10.2 Å². The summed E-state index contributed by atoms with van der Waals surface area (Å²) in [7, 11) is 1.66. The molecule has 1 aliphatic heterocycles. The Morgan fingerprint density at radius 2 is 2.42 bits per heavy atom. The van der Waals surface area contributed by atoms with Crippen molar-refractivity contribution in [2.75, 3.05) is 25.0 Å². The van der Waals surface area contributed by atoms with E-state index >= 15 is 0 Å². The summed E-state index contributed by atoms with van der Waals surface area (Å²) in [6.07, 6.45) is 0.837. The quantitative estimate of drug-likeness (QED) is 0.914. The maximum Gasteiger partial charge on any atom is 0.224 e. The zero-order valence-electron chi connectivity index (χ0n) is 10.5. The van der Waals surface area contributed by atoms with Gasteiger partial charge in [0.1, 0.15) is 5.82 Å². The molecule has 0 spiro atoms. The lowest BCUT2D eigenvalue weighted by Crippen LogP contribution is -2.30. The summed E-state index contributed by atoms with van der Waals surface area (Å²) in [5.41, 5.74) is 0.810. The highest BCUT2D eigenvalue weighted by molar-refractivity contribution is 7.22. The minimum atomic E-state index is -0.243. The number of carbonyl (C=O) groups excluding carboxylic acids is 1. The van der Waals surface area contributed by atoms with Gasteiger partial charge >= 0.3 is 0 Å². The number of hydrogen-bond donors (Lipinski definition) is 1. The Kier molecular flexibility index (Phi) is 3.10. The molecule has 100 valence electrons. The van der Waals surface area contributed by atoms with Crippen molar-refractivity contribution in [3.63, 3.8) is 0 Å². The molecule has 1 fully saturated rings. The summed E-state index contributed by atoms with van der Waals surface area (Å²) >= 11 is 1.47. The zero-order valence-corrected chi connectivity index (χ0v) is 11.3. The highest BCUT2D eigenvalue weighted by Gasteiger charge is 2.29. The van der Waals surface area contributed by atoms with E-state index in [1.807, 2.05) is 0 Å². The first-order chi connectivity index (χ1) is 9.17. The van der Waals surface area contributed by atoms with Gasteiger partial charge in [0.05, 0.1) is 16.1 Å². The van der Waals surface area contributed by atoms with E-state index in [1.165, 1.54) is 23.5 Å². The summed E-state index contributed by atoms with van der Waals surface area (Å²) in [5, 5.41) is 3.55. The average molecular weight is 279 g/mol. The van der Waals surface area contributed by atoms with Crippen molar-refractivity contribution in [3.05, 3.63) is 24.0 Å². The fourth-order valence-electron chi connectivity index (χ4n) is 2.37. The largest absolute Gasteiger partial charge is 0.359 e. The highest BCUT2D eigenvalue weighted by atomic mass is 32.1. The molecule has 6 heteroatoms. The van der Waals surface area contributed by atoms with Crippen molar-refractivity contribution in [1.82, 2.24) is 10.3 Å². The number of aromatic nitrogens is 1. The normalized spacial score (nSPS) is 19.1. The Hall–Kier alpha value is -1.69. The first-order valence-corrected chi connectivity index (χ1v) is 7.01. The third-order valence-electron chi connectivity index (χ3n) is 3.42. The highest BCUT2D eigenvalue weighted by Crippen LogP contribution is 2.32. The van der Waals surface area contributed by atoms with Gasteiger partial charge in [0.15, 0.2) is 5.13 Å². The maximum absolute atomic E-state index is 13.1. The van der Waals surface area contributed by atoms with Crippen molar-refractivity contribution < 1.29 is 9.18 Å². The van der Waals surface area contributed by atoms with E-state index in [-0.39, 0.29) is 17.6 Å². The van der Waals surface area contributed by atoms with E-state index in [0.29, 0.717) is 6.54 Å². The van der Waals surface area contributed by atoms with Crippen molar-refractivity contribution in [2.45, 2.75) is 6.42 Å². The topological polar surface area (TPSA) is 45.2 Å². The first kappa shape index (κ1) is 12.3. The van der Waals surface area contributed by atoms with Gasteiger partial charge in [-0.15, -0.1) is 0 Å². The van der Waals surface area contributed by atoms with Crippen LogP contribution in [0.1, 0.15) is 6.42 Å². The fraction of sp³-hybridized carbons (Fsp3) is 0.385. The van der Waals surface area contributed by atoms with E-state index in [0.717, 1.165) is 28.3 Å².